The van der Waals surface area contributed by atoms with E-state index in [1.807, 2.05) is 18.8 Å². The van der Waals surface area contributed by atoms with E-state index >= 15 is 0 Å². The maximum atomic E-state index is 4.57. The van der Waals surface area contributed by atoms with E-state index in [-0.39, 0.29) is 0 Å². The molecule has 0 fully saturated rings. The standard InChI is InChI=1S/C17H25N3/c1-5-6-17-16(12-20(4)19-17)15-9-7-14(8-10-15)11-13(2)18-3/h7-10,12-13,18H,5-6,11H2,1-4H3. The largest absolute Gasteiger partial charge is 0.317 e. The molecule has 3 nitrogen and oxygen atoms in total. The van der Waals surface area contributed by atoms with Gasteiger partial charge in [-0.15, -0.1) is 0 Å². The van der Waals surface area contributed by atoms with Gasteiger partial charge in [0.25, 0.3) is 0 Å². The summed E-state index contributed by atoms with van der Waals surface area (Å²) in [6, 6.07) is 9.40. The highest BCUT2D eigenvalue weighted by atomic mass is 15.2. The molecule has 20 heavy (non-hydrogen) atoms. The van der Waals surface area contributed by atoms with Crippen LogP contribution in [0.5, 0.6) is 0 Å². The molecular formula is C17H25N3. The second-order valence-electron chi connectivity index (χ2n) is 5.50. The first-order valence-electron chi connectivity index (χ1n) is 7.43. The number of aryl methyl sites for hydroxylation is 2. The van der Waals surface area contributed by atoms with Crippen molar-refractivity contribution in [2.24, 2.45) is 7.05 Å². The number of rotatable bonds is 6. The summed E-state index contributed by atoms with van der Waals surface area (Å²) in [6.45, 7) is 4.40. The lowest BCUT2D eigenvalue weighted by Crippen LogP contribution is -2.23. The Morgan fingerprint density at radius 2 is 1.95 bits per heavy atom. The minimum Gasteiger partial charge on any atom is -0.317 e. The summed E-state index contributed by atoms with van der Waals surface area (Å²) < 4.78 is 1.91. The van der Waals surface area contributed by atoms with E-state index in [2.05, 4.69) is 54.7 Å². The fourth-order valence-corrected chi connectivity index (χ4v) is 2.47. The van der Waals surface area contributed by atoms with Crippen LogP contribution >= 0.6 is 0 Å². The van der Waals surface area contributed by atoms with Gasteiger partial charge >= 0.3 is 0 Å². The van der Waals surface area contributed by atoms with Crippen LogP contribution in [0, 0.1) is 0 Å². The fourth-order valence-electron chi connectivity index (χ4n) is 2.47. The molecule has 0 saturated heterocycles. The van der Waals surface area contributed by atoms with Gasteiger partial charge in [-0.2, -0.15) is 5.10 Å². The van der Waals surface area contributed by atoms with Crippen LogP contribution in [0.25, 0.3) is 11.1 Å². The Kier molecular flexibility index (Phi) is 4.96. The zero-order valence-corrected chi connectivity index (χ0v) is 13.0. The normalized spacial score (nSPS) is 12.6. The third-order valence-corrected chi connectivity index (χ3v) is 3.69. The number of benzene rings is 1. The van der Waals surface area contributed by atoms with Crippen LogP contribution in [-0.4, -0.2) is 22.9 Å². The van der Waals surface area contributed by atoms with Gasteiger partial charge in [0.05, 0.1) is 5.69 Å². The lowest BCUT2D eigenvalue weighted by molar-refractivity contribution is 0.608. The van der Waals surface area contributed by atoms with Crippen molar-refractivity contribution in [1.29, 1.82) is 0 Å². The van der Waals surface area contributed by atoms with E-state index < -0.39 is 0 Å². The Labute approximate surface area is 122 Å². The molecular weight excluding hydrogens is 246 g/mol. The Morgan fingerprint density at radius 3 is 2.55 bits per heavy atom. The SMILES string of the molecule is CCCc1nn(C)cc1-c1ccc(CC(C)NC)cc1. The van der Waals surface area contributed by atoms with Gasteiger partial charge in [-0.25, -0.2) is 0 Å². The summed E-state index contributed by atoms with van der Waals surface area (Å²) in [5, 5.41) is 7.84. The molecule has 0 spiro atoms. The molecule has 0 saturated carbocycles. The van der Waals surface area contributed by atoms with Crippen molar-refractivity contribution in [3.63, 3.8) is 0 Å². The van der Waals surface area contributed by atoms with Gasteiger partial charge in [-0.05, 0) is 37.9 Å². The van der Waals surface area contributed by atoms with Crippen LogP contribution in [0.2, 0.25) is 0 Å². The summed E-state index contributed by atoms with van der Waals surface area (Å²) in [4.78, 5) is 0. The number of aromatic nitrogens is 2. The molecule has 0 amide bonds. The van der Waals surface area contributed by atoms with Crippen LogP contribution in [0.4, 0.5) is 0 Å². The third-order valence-electron chi connectivity index (χ3n) is 3.69. The molecule has 1 unspecified atom stereocenters. The molecule has 0 bridgehead atoms. The maximum Gasteiger partial charge on any atom is 0.0702 e. The summed E-state index contributed by atoms with van der Waals surface area (Å²) in [7, 11) is 4.00. The monoisotopic (exact) mass is 271 g/mol. The molecule has 0 aliphatic heterocycles. The highest BCUT2D eigenvalue weighted by Gasteiger charge is 2.09. The Morgan fingerprint density at radius 1 is 1.25 bits per heavy atom. The topological polar surface area (TPSA) is 29.9 Å². The predicted octanol–water partition coefficient (Wildman–Crippen LogP) is 3.19. The molecule has 3 heteroatoms. The predicted molar refractivity (Wildman–Crippen MR) is 84.9 cm³/mol. The Bertz CT molecular complexity index is 540. The molecule has 2 rings (SSSR count). The van der Waals surface area contributed by atoms with E-state index in [0.29, 0.717) is 6.04 Å². The van der Waals surface area contributed by atoms with E-state index in [1.54, 1.807) is 0 Å². The first-order chi connectivity index (χ1) is 9.63. The molecule has 0 aliphatic carbocycles. The van der Waals surface area contributed by atoms with Crippen LogP contribution in [0.15, 0.2) is 30.5 Å². The van der Waals surface area contributed by atoms with Crippen molar-refractivity contribution in [1.82, 2.24) is 15.1 Å². The fraction of sp³-hybridized carbons (Fsp3) is 0.471. The van der Waals surface area contributed by atoms with Gasteiger partial charge in [-0.1, -0.05) is 37.6 Å². The number of nitrogens with zero attached hydrogens (tertiary/aromatic N) is 2. The van der Waals surface area contributed by atoms with Crippen molar-refractivity contribution in [3.05, 3.63) is 41.7 Å². The van der Waals surface area contributed by atoms with E-state index in [0.717, 1.165) is 19.3 Å². The van der Waals surface area contributed by atoms with Crippen molar-refractivity contribution < 1.29 is 0 Å². The Hall–Kier alpha value is -1.61. The molecule has 1 atom stereocenters. The zero-order chi connectivity index (χ0) is 14.5. The summed E-state index contributed by atoms with van der Waals surface area (Å²) >= 11 is 0. The van der Waals surface area contributed by atoms with Crippen molar-refractivity contribution in [2.45, 2.75) is 39.2 Å². The highest BCUT2D eigenvalue weighted by Crippen LogP contribution is 2.24. The Balaban J connectivity index is 2.21. The van der Waals surface area contributed by atoms with Gasteiger partial charge in [0, 0.05) is 24.8 Å². The first-order valence-corrected chi connectivity index (χ1v) is 7.43. The molecule has 1 aromatic carbocycles. The highest BCUT2D eigenvalue weighted by molar-refractivity contribution is 5.65. The summed E-state index contributed by atoms with van der Waals surface area (Å²) in [6.07, 6.45) is 5.35. The number of hydrogen-bond donors (Lipinski definition) is 1. The second kappa shape index (κ2) is 6.71. The van der Waals surface area contributed by atoms with Crippen molar-refractivity contribution in [3.8, 4) is 11.1 Å². The maximum absolute atomic E-state index is 4.57. The van der Waals surface area contributed by atoms with Gasteiger partial charge in [0.1, 0.15) is 0 Å². The minimum atomic E-state index is 0.509. The van der Waals surface area contributed by atoms with Crippen LogP contribution < -0.4 is 5.32 Å². The quantitative estimate of drug-likeness (QED) is 0.874. The van der Waals surface area contributed by atoms with Crippen LogP contribution in [0.3, 0.4) is 0 Å². The number of nitrogens with one attached hydrogen (secondary N) is 1. The van der Waals surface area contributed by atoms with E-state index in [1.165, 1.54) is 22.4 Å². The summed E-state index contributed by atoms with van der Waals surface area (Å²) in [5.41, 5.74) is 5.10. The zero-order valence-electron chi connectivity index (χ0n) is 13.0. The lowest BCUT2D eigenvalue weighted by Gasteiger charge is -2.10. The average Bonchev–Trinajstić information content (AvgIpc) is 2.81. The average molecular weight is 271 g/mol. The third kappa shape index (κ3) is 3.48. The van der Waals surface area contributed by atoms with Crippen molar-refractivity contribution in [2.75, 3.05) is 7.05 Å². The van der Waals surface area contributed by atoms with E-state index in [9.17, 15) is 0 Å². The lowest BCUT2D eigenvalue weighted by atomic mass is 10.0. The van der Waals surface area contributed by atoms with Gasteiger partial charge < -0.3 is 5.32 Å². The minimum absolute atomic E-state index is 0.509. The molecule has 0 radical (unpaired) electrons. The number of likely N-dealkylation sites (N-methyl/N-ethyl adjacent to an activating group) is 1. The molecule has 2 aromatic rings. The van der Waals surface area contributed by atoms with E-state index in [4.69, 9.17) is 0 Å². The van der Waals surface area contributed by atoms with Gasteiger partial charge in [0.15, 0.2) is 0 Å². The van der Waals surface area contributed by atoms with Gasteiger partial charge in [0.2, 0.25) is 0 Å². The molecule has 108 valence electrons. The molecule has 1 aromatic heterocycles. The molecule has 0 aliphatic rings. The molecule has 1 N–H and O–H groups in total. The smallest absolute Gasteiger partial charge is 0.0702 e. The second-order valence-corrected chi connectivity index (χ2v) is 5.50. The first kappa shape index (κ1) is 14.8. The van der Waals surface area contributed by atoms with Gasteiger partial charge in [-0.3, -0.25) is 4.68 Å². The molecule has 1 heterocycles. The summed E-state index contributed by atoms with van der Waals surface area (Å²) in [5.74, 6) is 0. The van der Waals surface area contributed by atoms with Crippen molar-refractivity contribution >= 4 is 0 Å². The number of hydrogen-bond acceptors (Lipinski definition) is 2. The van der Waals surface area contributed by atoms with Crippen LogP contribution in [-0.2, 0) is 19.9 Å². The van der Waals surface area contributed by atoms with Crippen LogP contribution in [0.1, 0.15) is 31.5 Å².